The van der Waals surface area contributed by atoms with E-state index in [0.717, 1.165) is 36.5 Å². The molecule has 1 aliphatic rings. The minimum atomic E-state index is -3.52. The number of aromatic nitrogens is 3. The number of benzene rings is 1. The zero-order valence-electron chi connectivity index (χ0n) is 14.4. The molecule has 2 aromatic rings. The third kappa shape index (κ3) is 3.52. The summed E-state index contributed by atoms with van der Waals surface area (Å²) in [4.78, 5) is 4.77. The van der Waals surface area contributed by atoms with Gasteiger partial charge >= 0.3 is 0 Å². The molecule has 0 aliphatic carbocycles. The first-order valence-corrected chi connectivity index (χ1v) is 9.92. The fraction of sp³-hybridized carbons (Fsp3) is 0.529. The molecular formula is C17H24N4O2S. The summed E-state index contributed by atoms with van der Waals surface area (Å²) in [7, 11) is -3.52. The smallest absolute Gasteiger partial charge is 0.240 e. The van der Waals surface area contributed by atoms with Gasteiger partial charge in [0, 0.05) is 18.9 Å². The Morgan fingerprint density at radius 1 is 1.29 bits per heavy atom. The van der Waals surface area contributed by atoms with Gasteiger partial charge in [-0.3, -0.25) is 0 Å². The molecule has 1 aromatic heterocycles. The largest absolute Gasteiger partial charge is 0.248 e. The van der Waals surface area contributed by atoms with Crippen molar-refractivity contribution < 1.29 is 8.42 Å². The van der Waals surface area contributed by atoms with E-state index in [1.807, 2.05) is 23.7 Å². The van der Waals surface area contributed by atoms with Gasteiger partial charge in [0.25, 0.3) is 0 Å². The molecule has 1 atom stereocenters. The van der Waals surface area contributed by atoms with Crippen LogP contribution in [0.4, 0.5) is 0 Å². The number of aryl methyl sites for hydroxylation is 2. The van der Waals surface area contributed by atoms with Gasteiger partial charge < -0.3 is 0 Å². The lowest BCUT2D eigenvalue weighted by atomic mass is 10.0. The number of fused-ring (bicyclic) bond motifs is 1. The van der Waals surface area contributed by atoms with Gasteiger partial charge in [-0.15, -0.1) is 0 Å². The molecule has 0 amide bonds. The Bertz CT molecular complexity index is 810. The predicted octanol–water partition coefficient (Wildman–Crippen LogP) is 2.26. The van der Waals surface area contributed by atoms with Crippen LogP contribution in [0.3, 0.4) is 0 Å². The highest BCUT2D eigenvalue weighted by atomic mass is 32.2. The lowest BCUT2D eigenvalue weighted by Crippen LogP contribution is -2.41. The molecule has 3 rings (SSSR count). The van der Waals surface area contributed by atoms with E-state index < -0.39 is 10.0 Å². The first kappa shape index (κ1) is 17.1. The maximum absolute atomic E-state index is 12.6. The third-order valence-electron chi connectivity index (χ3n) is 4.40. The summed E-state index contributed by atoms with van der Waals surface area (Å²) in [6.45, 7) is 6.72. The monoisotopic (exact) mass is 348 g/mol. The molecule has 2 heterocycles. The molecular weight excluding hydrogens is 324 g/mol. The number of hydrogen-bond acceptors (Lipinski definition) is 4. The van der Waals surface area contributed by atoms with Crippen molar-refractivity contribution in [2.75, 3.05) is 0 Å². The number of nitrogens with zero attached hydrogens (tertiary/aromatic N) is 3. The predicted molar refractivity (Wildman–Crippen MR) is 92.4 cm³/mol. The third-order valence-corrected chi connectivity index (χ3v) is 5.93. The van der Waals surface area contributed by atoms with E-state index >= 15 is 0 Å². The second kappa shape index (κ2) is 6.64. The molecule has 0 radical (unpaired) electrons. The average molecular weight is 348 g/mol. The molecule has 0 unspecified atom stereocenters. The fourth-order valence-electron chi connectivity index (χ4n) is 2.93. The highest BCUT2D eigenvalue weighted by molar-refractivity contribution is 7.89. The van der Waals surface area contributed by atoms with Gasteiger partial charge in [0.05, 0.1) is 11.4 Å². The van der Waals surface area contributed by atoms with Crippen molar-refractivity contribution in [1.82, 2.24) is 19.5 Å². The molecule has 1 N–H and O–H groups in total. The van der Waals surface area contributed by atoms with Crippen LogP contribution in [0.5, 0.6) is 0 Å². The van der Waals surface area contributed by atoms with Crippen molar-refractivity contribution in [3.8, 4) is 0 Å². The van der Waals surface area contributed by atoms with Gasteiger partial charge in [-0.05, 0) is 30.0 Å². The Morgan fingerprint density at radius 3 is 2.62 bits per heavy atom. The van der Waals surface area contributed by atoms with Crippen LogP contribution in [0, 0.1) is 0 Å². The average Bonchev–Trinajstić information content (AvgIpc) is 2.97. The first-order valence-electron chi connectivity index (χ1n) is 8.44. The Morgan fingerprint density at radius 2 is 2.00 bits per heavy atom. The minimum Gasteiger partial charge on any atom is -0.248 e. The van der Waals surface area contributed by atoms with E-state index in [-0.39, 0.29) is 6.04 Å². The van der Waals surface area contributed by atoms with Gasteiger partial charge in [-0.25, -0.2) is 22.8 Å². The molecule has 6 nitrogen and oxygen atoms in total. The van der Waals surface area contributed by atoms with Gasteiger partial charge in [0.1, 0.15) is 5.82 Å². The number of rotatable bonds is 5. The van der Waals surface area contributed by atoms with Crippen molar-refractivity contribution in [1.29, 1.82) is 0 Å². The van der Waals surface area contributed by atoms with Crippen LogP contribution in [-0.4, -0.2) is 29.2 Å². The number of nitrogens with one attached hydrogen (secondary N) is 1. The molecule has 0 bridgehead atoms. The Labute approximate surface area is 143 Å². The minimum absolute atomic E-state index is 0.154. The first-order chi connectivity index (χ1) is 11.4. The lowest BCUT2D eigenvalue weighted by molar-refractivity contribution is 0.394. The Hall–Kier alpha value is -1.73. The summed E-state index contributed by atoms with van der Waals surface area (Å²) in [5.74, 6) is 2.15. The summed E-state index contributed by atoms with van der Waals surface area (Å²) < 4.78 is 29.8. The van der Waals surface area contributed by atoms with Crippen LogP contribution in [0.1, 0.15) is 50.3 Å². The van der Waals surface area contributed by atoms with Crippen LogP contribution < -0.4 is 4.72 Å². The molecule has 1 aliphatic heterocycles. The summed E-state index contributed by atoms with van der Waals surface area (Å²) >= 11 is 0. The molecule has 0 saturated carbocycles. The summed E-state index contributed by atoms with van der Waals surface area (Å²) in [6, 6.07) is 6.96. The van der Waals surface area contributed by atoms with E-state index in [0.29, 0.717) is 17.4 Å². The quantitative estimate of drug-likeness (QED) is 0.899. The van der Waals surface area contributed by atoms with Gasteiger partial charge in [-0.1, -0.05) is 32.9 Å². The van der Waals surface area contributed by atoms with Crippen LogP contribution in [0.25, 0.3) is 0 Å². The highest BCUT2D eigenvalue weighted by Gasteiger charge is 2.26. The molecule has 7 heteroatoms. The van der Waals surface area contributed by atoms with Crippen molar-refractivity contribution >= 4 is 10.0 Å². The summed E-state index contributed by atoms with van der Waals surface area (Å²) in [5, 5.41) is 4.42. The molecule has 0 spiro atoms. The van der Waals surface area contributed by atoms with Crippen molar-refractivity contribution in [2.45, 2.75) is 63.4 Å². The van der Waals surface area contributed by atoms with Crippen molar-refractivity contribution in [2.24, 2.45) is 0 Å². The van der Waals surface area contributed by atoms with E-state index in [2.05, 4.69) is 28.7 Å². The summed E-state index contributed by atoms with van der Waals surface area (Å²) in [5.41, 5.74) is 1.13. The summed E-state index contributed by atoms with van der Waals surface area (Å²) in [6.07, 6.45) is 2.27. The maximum atomic E-state index is 12.6. The van der Waals surface area contributed by atoms with Crippen LogP contribution in [0.15, 0.2) is 29.2 Å². The van der Waals surface area contributed by atoms with E-state index in [4.69, 9.17) is 0 Å². The van der Waals surface area contributed by atoms with E-state index in [9.17, 15) is 8.42 Å². The van der Waals surface area contributed by atoms with Crippen LogP contribution >= 0.6 is 0 Å². The number of hydrogen-bond donors (Lipinski definition) is 1. The van der Waals surface area contributed by atoms with Crippen LogP contribution in [-0.2, 0) is 29.4 Å². The number of sulfonamides is 1. The second-order valence-corrected chi connectivity index (χ2v) is 8.27. The zero-order valence-corrected chi connectivity index (χ0v) is 15.2. The molecule has 130 valence electrons. The van der Waals surface area contributed by atoms with E-state index in [1.54, 1.807) is 12.1 Å². The molecule has 1 aromatic carbocycles. The highest BCUT2D eigenvalue weighted by Crippen LogP contribution is 2.19. The maximum Gasteiger partial charge on any atom is 0.240 e. The van der Waals surface area contributed by atoms with Crippen LogP contribution in [0.2, 0.25) is 0 Å². The molecule has 24 heavy (non-hydrogen) atoms. The van der Waals surface area contributed by atoms with Gasteiger partial charge in [-0.2, -0.15) is 5.10 Å². The lowest BCUT2D eigenvalue weighted by Gasteiger charge is -2.23. The zero-order chi connectivity index (χ0) is 17.3. The van der Waals surface area contributed by atoms with Crippen molar-refractivity contribution in [3.63, 3.8) is 0 Å². The normalized spacial score (nSPS) is 17.9. The molecule has 0 fully saturated rings. The standard InChI is InChI=1S/C17H24N4O2S/c1-4-16-18-17-10-7-14(11-21(17)19-16)20-24(22,23)15-8-5-13(6-9-15)12(2)3/h5-6,8-9,12,14,20H,4,7,10-11H2,1-3H3/t14-/m0/s1. The van der Waals surface area contributed by atoms with E-state index in [1.165, 1.54) is 0 Å². The van der Waals surface area contributed by atoms with Gasteiger partial charge in [0.15, 0.2) is 5.82 Å². The van der Waals surface area contributed by atoms with Gasteiger partial charge in [0.2, 0.25) is 10.0 Å². The van der Waals surface area contributed by atoms with Crippen molar-refractivity contribution in [3.05, 3.63) is 41.5 Å². The molecule has 0 saturated heterocycles. The Kier molecular flexibility index (Phi) is 4.73. The SMILES string of the molecule is CCc1nc2n(n1)C[C@@H](NS(=O)(=O)c1ccc(C(C)C)cc1)CC2. The second-order valence-electron chi connectivity index (χ2n) is 6.56. The topological polar surface area (TPSA) is 76.9 Å². The Balaban J connectivity index is 1.73. The fourth-order valence-corrected chi connectivity index (χ4v) is 4.19.